The number of nitrogens with zero attached hydrogens (tertiary/aromatic N) is 1. The summed E-state index contributed by atoms with van der Waals surface area (Å²) in [6.45, 7) is 5.60. The molecule has 24 heavy (non-hydrogen) atoms. The molecule has 1 aliphatic heterocycles. The van der Waals surface area contributed by atoms with Crippen LogP contribution < -0.4 is 10.1 Å². The molecule has 0 radical (unpaired) electrons. The second-order valence-corrected chi connectivity index (χ2v) is 7.08. The Kier molecular flexibility index (Phi) is 6.13. The van der Waals surface area contributed by atoms with E-state index in [2.05, 4.69) is 22.3 Å². The molecule has 1 saturated heterocycles. The van der Waals surface area contributed by atoms with Crippen molar-refractivity contribution < 1.29 is 9.53 Å². The average molecular weight is 330 g/mol. The minimum absolute atomic E-state index is 0.198. The summed E-state index contributed by atoms with van der Waals surface area (Å²) in [4.78, 5) is 14.9. The van der Waals surface area contributed by atoms with Gasteiger partial charge in [-0.15, -0.1) is 0 Å². The molecule has 1 saturated carbocycles. The topological polar surface area (TPSA) is 41.6 Å². The maximum atomic E-state index is 12.4. The number of carbonyl (C=O) groups excluding carboxylic acids is 1. The Labute approximate surface area is 145 Å². The SMILES string of the molecule is CCOc1ccccc1CN1CCC(C(=O)NC2CCCC2)CC1. The van der Waals surface area contributed by atoms with Gasteiger partial charge in [0, 0.05) is 24.1 Å². The van der Waals surface area contributed by atoms with Crippen molar-refractivity contribution in [2.45, 2.75) is 58.0 Å². The first-order valence-corrected chi connectivity index (χ1v) is 9.49. The number of hydrogen-bond acceptors (Lipinski definition) is 3. The number of piperidine rings is 1. The van der Waals surface area contributed by atoms with Crippen LogP contribution in [0.25, 0.3) is 0 Å². The van der Waals surface area contributed by atoms with Crippen LogP contribution >= 0.6 is 0 Å². The predicted octanol–water partition coefficient (Wildman–Crippen LogP) is 3.36. The van der Waals surface area contributed by atoms with E-state index in [1.807, 2.05) is 19.1 Å². The summed E-state index contributed by atoms with van der Waals surface area (Å²) >= 11 is 0. The van der Waals surface area contributed by atoms with Gasteiger partial charge in [0.15, 0.2) is 0 Å². The summed E-state index contributed by atoms with van der Waals surface area (Å²) in [5, 5.41) is 3.26. The lowest BCUT2D eigenvalue weighted by Gasteiger charge is -2.32. The van der Waals surface area contributed by atoms with Gasteiger partial charge < -0.3 is 10.1 Å². The molecule has 0 atom stereocenters. The van der Waals surface area contributed by atoms with Crippen LogP contribution in [0.1, 0.15) is 51.0 Å². The quantitative estimate of drug-likeness (QED) is 0.869. The smallest absolute Gasteiger partial charge is 0.223 e. The zero-order valence-corrected chi connectivity index (χ0v) is 14.8. The first-order chi connectivity index (χ1) is 11.8. The fourth-order valence-corrected chi connectivity index (χ4v) is 3.91. The van der Waals surface area contributed by atoms with Crippen molar-refractivity contribution >= 4 is 5.91 Å². The molecule has 1 aromatic carbocycles. The average Bonchev–Trinajstić information content (AvgIpc) is 3.10. The molecule has 0 bridgehead atoms. The first-order valence-electron chi connectivity index (χ1n) is 9.49. The number of rotatable bonds is 6. The molecule has 1 heterocycles. The molecular weight excluding hydrogens is 300 g/mol. The van der Waals surface area contributed by atoms with E-state index >= 15 is 0 Å². The number of amides is 1. The molecule has 0 spiro atoms. The van der Waals surface area contributed by atoms with Crippen LogP contribution in [0.15, 0.2) is 24.3 Å². The molecule has 0 unspecified atom stereocenters. The highest BCUT2D eigenvalue weighted by molar-refractivity contribution is 5.79. The van der Waals surface area contributed by atoms with Gasteiger partial charge in [-0.1, -0.05) is 31.0 Å². The van der Waals surface area contributed by atoms with E-state index in [4.69, 9.17) is 4.74 Å². The monoisotopic (exact) mass is 330 g/mol. The Morgan fingerprint density at radius 3 is 2.58 bits per heavy atom. The lowest BCUT2D eigenvalue weighted by atomic mass is 9.95. The zero-order chi connectivity index (χ0) is 16.8. The largest absolute Gasteiger partial charge is 0.494 e. The Morgan fingerprint density at radius 1 is 1.17 bits per heavy atom. The van der Waals surface area contributed by atoms with E-state index < -0.39 is 0 Å². The molecule has 1 amide bonds. The molecule has 2 aliphatic rings. The van der Waals surface area contributed by atoms with Gasteiger partial charge in [0.05, 0.1) is 6.61 Å². The minimum atomic E-state index is 0.198. The number of benzene rings is 1. The van der Waals surface area contributed by atoms with Crippen molar-refractivity contribution in [2.75, 3.05) is 19.7 Å². The number of nitrogens with one attached hydrogen (secondary N) is 1. The molecule has 1 aliphatic carbocycles. The van der Waals surface area contributed by atoms with Gasteiger partial charge in [0.2, 0.25) is 5.91 Å². The Bertz CT molecular complexity index is 532. The summed E-state index contributed by atoms with van der Waals surface area (Å²) in [5.41, 5.74) is 1.24. The van der Waals surface area contributed by atoms with Crippen molar-refractivity contribution in [1.29, 1.82) is 0 Å². The fourth-order valence-electron chi connectivity index (χ4n) is 3.91. The lowest BCUT2D eigenvalue weighted by Crippen LogP contribution is -2.43. The maximum Gasteiger partial charge on any atom is 0.223 e. The Hall–Kier alpha value is -1.55. The summed E-state index contributed by atoms with van der Waals surface area (Å²) in [7, 11) is 0. The minimum Gasteiger partial charge on any atom is -0.494 e. The Balaban J connectivity index is 1.47. The molecular formula is C20H30N2O2. The van der Waals surface area contributed by atoms with Crippen LogP contribution in [0.2, 0.25) is 0 Å². The molecule has 4 nitrogen and oxygen atoms in total. The van der Waals surface area contributed by atoms with E-state index in [0.29, 0.717) is 12.6 Å². The normalized spacial score (nSPS) is 20.2. The van der Waals surface area contributed by atoms with E-state index in [0.717, 1.165) is 38.2 Å². The fraction of sp³-hybridized carbons (Fsp3) is 0.650. The maximum absolute atomic E-state index is 12.4. The van der Waals surface area contributed by atoms with Crippen LogP contribution in [0.4, 0.5) is 0 Å². The van der Waals surface area contributed by atoms with Gasteiger partial charge in [0.1, 0.15) is 5.75 Å². The summed E-state index contributed by atoms with van der Waals surface area (Å²) in [6, 6.07) is 8.71. The van der Waals surface area contributed by atoms with E-state index in [9.17, 15) is 4.79 Å². The van der Waals surface area contributed by atoms with E-state index in [1.165, 1.54) is 31.2 Å². The van der Waals surface area contributed by atoms with E-state index in [-0.39, 0.29) is 11.8 Å². The summed E-state index contributed by atoms with van der Waals surface area (Å²) in [5.74, 6) is 1.47. The second kappa shape index (κ2) is 8.52. The lowest BCUT2D eigenvalue weighted by molar-refractivity contribution is -0.127. The molecule has 132 valence electrons. The van der Waals surface area contributed by atoms with Crippen LogP contribution in [0, 0.1) is 5.92 Å². The molecule has 4 heteroatoms. The highest BCUT2D eigenvalue weighted by Crippen LogP contribution is 2.25. The summed E-state index contributed by atoms with van der Waals surface area (Å²) in [6.07, 6.45) is 6.80. The molecule has 1 N–H and O–H groups in total. The van der Waals surface area contributed by atoms with Gasteiger partial charge in [-0.2, -0.15) is 0 Å². The van der Waals surface area contributed by atoms with Gasteiger partial charge in [-0.3, -0.25) is 9.69 Å². The number of para-hydroxylation sites is 1. The van der Waals surface area contributed by atoms with Gasteiger partial charge in [-0.25, -0.2) is 0 Å². The van der Waals surface area contributed by atoms with Crippen molar-refractivity contribution in [3.05, 3.63) is 29.8 Å². The highest BCUT2D eigenvalue weighted by Gasteiger charge is 2.27. The van der Waals surface area contributed by atoms with E-state index in [1.54, 1.807) is 0 Å². The molecule has 1 aromatic rings. The number of ether oxygens (including phenoxy) is 1. The third-order valence-corrected chi connectivity index (χ3v) is 5.33. The predicted molar refractivity (Wildman–Crippen MR) is 96.0 cm³/mol. The number of carbonyl (C=O) groups is 1. The molecule has 3 rings (SSSR count). The zero-order valence-electron chi connectivity index (χ0n) is 14.8. The standard InChI is InChI=1S/C20H30N2O2/c1-2-24-19-10-6-3-7-17(19)15-22-13-11-16(12-14-22)20(23)21-18-8-4-5-9-18/h3,6-7,10,16,18H,2,4-5,8-9,11-15H2,1H3,(H,21,23). The van der Waals surface area contributed by atoms with Crippen LogP contribution in [-0.2, 0) is 11.3 Å². The molecule has 2 fully saturated rings. The van der Waals surface area contributed by atoms with Gasteiger partial charge >= 0.3 is 0 Å². The van der Waals surface area contributed by atoms with Crippen molar-refractivity contribution in [3.63, 3.8) is 0 Å². The summed E-state index contributed by atoms with van der Waals surface area (Å²) < 4.78 is 5.72. The van der Waals surface area contributed by atoms with Crippen molar-refractivity contribution in [1.82, 2.24) is 10.2 Å². The molecule has 0 aromatic heterocycles. The number of likely N-dealkylation sites (tertiary alicyclic amines) is 1. The van der Waals surface area contributed by atoms with Crippen molar-refractivity contribution in [2.24, 2.45) is 5.92 Å². The third-order valence-electron chi connectivity index (χ3n) is 5.33. The number of hydrogen-bond donors (Lipinski definition) is 1. The second-order valence-electron chi connectivity index (χ2n) is 7.08. The van der Waals surface area contributed by atoms with Crippen LogP contribution in [-0.4, -0.2) is 36.5 Å². The third kappa shape index (κ3) is 4.50. The van der Waals surface area contributed by atoms with Gasteiger partial charge in [-0.05, 0) is 51.8 Å². The highest BCUT2D eigenvalue weighted by atomic mass is 16.5. The van der Waals surface area contributed by atoms with Gasteiger partial charge in [0.25, 0.3) is 0 Å². The first kappa shape index (κ1) is 17.3. The van der Waals surface area contributed by atoms with Crippen LogP contribution in [0.3, 0.4) is 0 Å². The Morgan fingerprint density at radius 2 is 1.88 bits per heavy atom. The van der Waals surface area contributed by atoms with Crippen molar-refractivity contribution in [3.8, 4) is 5.75 Å². The van der Waals surface area contributed by atoms with Crippen LogP contribution in [0.5, 0.6) is 5.75 Å².